The van der Waals surface area contributed by atoms with Gasteiger partial charge in [-0.05, 0) is 0 Å². The fraction of sp³-hybridized carbons (Fsp3) is 0.286. The molecule has 1 aromatic rings. The first-order chi connectivity index (χ1) is 7.53. The Morgan fingerprint density at radius 3 is 2.12 bits per heavy atom. The Morgan fingerprint density at radius 1 is 1.18 bits per heavy atom. The number of Topliss-reactive ketones (excluding diaryl/α,β-unsaturated/α-hetero) is 1. The Labute approximate surface area is 89.5 Å². The third-order valence-electron chi connectivity index (χ3n) is 1.58. The second kappa shape index (κ2) is 3.86. The molecule has 0 unspecified atom stereocenters. The van der Waals surface area contributed by atoms with Gasteiger partial charge in [0, 0.05) is 6.20 Å². The molecule has 0 saturated carbocycles. The number of hydrogen-bond acceptors (Lipinski definition) is 4. The van der Waals surface area contributed by atoms with Crippen LogP contribution in [0.5, 0.6) is 0 Å². The van der Waals surface area contributed by atoms with E-state index in [-0.39, 0.29) is 6.20 Å². The zero-order valence-corrected chi connectivity index (χ0v) is 7.73. The van der Waals surface area contributed by atoms with Gasteiger partial charge in [0.05, 0.1) is 5.56 Å². The van der Waals surface area contributed by atoms with Crippen molar-refractivity contribution in [2.45, 2.75) is 12.4 Å². The number of anilines is 1. The SMILES string of the molecule is Nc1ncc(C(=O)C(F)(F)F)c(C(F)(F)F)n1. The number of hydrogen-bond donors (Lipinski definition) is 1. The molecule has 0 bridgehead atoms. The van der Waals surface area contributed by atoms with E-state index in [1.807, 2.05) is 0 Å². The molecule has 0 aliphatic rings. The molecule has 0 atom stereocenters. The van der Waals surface area contributed by atoms with Crippen LogP contribution in [0, 0.1) is 0 Å². The van der Waals surface area contributed by atoms with Gasteiger partial charge in [-0.15, -0.1) is 0 Å². The molecule has 0 radical (unpaired) electrons. The van der Waals surface area contributed by atoms with Gasteiger partial charge in [-0.2, -0.15) is 26.3 Å². The number of nitrogens with two attached hydrogens (primary N) is 1. The zero-order chi connectivity index (χ0) is 13.4. The molecule has 17 heavy (non-hydrogen) atoms. The second-order valence-corrected chi connectivity index (χ2v) is 2.82. The number of rotatable bonds is 1. The number of aromatic nitrogens is 2. The van der Waals surface area contributed by atoms with Crippen LogP contribution >= 0.6 is 0 Å². The first kappa shape index (κ1) is 13.2. The molecule has 2 N–H and O–H groups in total. The Balaban J connectivity index is 3.40. The third-order valence-corrected chi connectivity index (χ3v) is 1.58. The molecule has 0 aliphatic heterocycles. The minimum atomic E-state index is -5.44. The van der Waals surface area contributed by atoms with Gasteiger partial charge in [0.15, 0.2) is 5.69 Å². The molecule has 0 aromatic carbocycles. The van der Waals surface area contributed by atoms with E-state index in [4.69, 9.17) is 5.73 Å². The van der Waals surface area contributed by atoms with Gasteiger partial charge in [0.1, 0.15) is 0 Å². The Hall–Kier alpha value is -1.87. The normalized spacial score (nSPS) is 12.6. The molecule has 94 valence electrons. The highest BCUT2D eigenvalue weighted by Crippen LogP contribution is 2.33. The van der Waals surface area contributed by atoms with Crippen LogP contribution in [0.15, 0.2) is 6.20 Å². The summed E-state index contributed by atoms with van der Waals surface area (Å²) in [5, 5.41) is 0. The van der Waals surface area contributed by atoms with Gasteiger partial charge in [-0.25, -0.2) is 9.97 Å². The monoisotopic (exact) mass is 259 g/mol. The molecule has 4 nitrogen and oxygen atoms in total. The van der Waals surface area contributed by atoms with Crippen molar-refractivity contribution < 1.29 is 31.1 Å². The van der Waals surface area contributed by atoms with Crippen LogP contribution < -0.4 is 5.73 Å². The third kappa shape index (κ3) is 2.82. The van der Waals surface area contributed by atoms with E-state index >= 15 is 0 Å². The maximum atomic E-state index is 12.3. The Bertz CT molecular complexity index is 452. The van der Waals surface area contributed by atoms with Crippen LogP contribution in [0.1, 0.15) is 16.1 Å². The van der Waals surface area contributed by atoms with Gasteiger partial charge >= 0.3 is 12.4 Å². The van der Waals surface area contributed by atoms with Crippen molar-refractivity contribution in [1.29, 1.82) is 0 Å². The van der Waals surface area contributed by atoms with Gasteiger partial charge in [0.2, 0.25) is 5.95 Å². The lowest BCUT2D eigenvalue weighted by Crippen LogP contribution is -2.27. The topological polar surface area (TPSA) is 68.9 Å². The molecular weight excluding hydrogens is 256 g/mol. The van der Waals surface area contributed by atoms with Crippen molar-refractivity contribution in [2.24, 2.45) is 0 Å². The smallest absolute Gasteiger partial charge is 0.368 e. The highest BCUT2D eigenvalue weighted by atomic mass is 19.4. The van der Waals surface area contributed by atoms with E-state index < -0.39 is 35.3 Å². The number of ketones is 1. The van der Waals surface area contributed by atoms with Crippen molar-refractivity contribution in [3.8, 4) is 0 Å². The number of nitrogens with zero attached hydrogens (tertiary/aromatic N) is 2. The molecule has 0 fully saturated rings. The number of halogens is 6. The maximum Gasteiger partial charge on any atom is 0.455 e. The largest absolute Gasteiger partial charge is 0.455 e. The average Bonchev–Trinajstić information content (AvgIpc) is 2.14. The summed E-state index contributed by atoms with van der Waals surface area (Å²) >= 11 is 0. The standard InChI is InChI=1S/C7H3F6N3O/c8-6(9,10)3-2(1-15-5(14)16-3)4(17)7(11,12)13/h1H,(H2,14,15,16). The van der Waals surface area contributed by atoms with Crippen molar-refractivity contribution in [2.75, 3.05) is 5.73 Å². The molecule has 1 rings (SSSR count). The maximum absolute atomic E-state index is 12.3. The van der Waals surface area contributed by atoms with Gasteiger partial charge < -0.3 is 5.73 Å². The molecule has 10 heteroatoms. The van der Waals surface area contributed by atoms with Crippen LogP contribution in [-0.4, -0.2) is 21.9 Å². The van der Waals surface area contributed by atoms with E-state index in [2.05, 4.69) is 9.97 Å². The number of carbonyl (C=O) groups is 1. The summed E-state index contributed by atoms with van der Waals surface area (Å²) in [6.07, 6.45) is -10.6. The summed E-state index contributed by atoms with van der Waals surface area (Å²) in [5.74, 6) is -3.55. The van der Waals surface area contributed by atoms with Gasteiger partial charge in [0.25, 0.3) is 5.78 Å². The highest BCUT2D eigenvalue weighted by molar-refractivity contribution is 6.01. The minimum Gasteiger partial charge on any atom is -0.368 e. The quantitative estimate of drug-likeness (QED) is 0.617. The number of nitrogen functional groups attached to an aromatic ring is 1. The summed E-state index contributed by atoms with van der Waals surface area (Å²) in [5.41, 5.74) is 1.13. The van der Waals surface area contributed by atoms with Crippen molar-refractivity contribution in [3.63, 3.8) is 0 Å². The second-order valence-electron chi connectivity index (χ2n) is 2.82. The molecule has 1 heterocycles. The van der Waals surface area contributed by atoms with E-state index in [1.165, 1.54) is 0 Å². The van der Waals surface area contributed by atoms with Crippen LogP contribution in [-0.2, 0) is 6.18 Å². The lowest BCUT2D eigenvalue weighted by molar-refractivity contribution is -0.142. The summed E-state index contributed by atoms with van der Waals surface area (Å²) in [6, 6.07) is 0. The first-order valence-electron chi connectivity index (χ1n) is 3.84. The molecule has 0 saturated heterocycles. The lowest BCUT2D eigenvalue weighted by Gasteiger charge is -2.12. The predicted molar refractivity (Wildman–Crippen MR) is 41.8 cm³/mol. The minimum absolute atomic E-state index is 0.0982. The molecule has 1 aromatic heterocycles. The van der Waals surface area contributed by atoms with Gasteiger partial charge in [-0.1, -0.05) is 0 Å². The van der Waals surface area contributed by atoms with Crippen LogP contribution in [0.25, 0.3) is 0 Å². The van der Waals surface area contributed by atoms with E-state index in [0.29, 0.717) is 0 Å². The summed E-state index contributed by atoms with van der Waals surface area (Å²) in [4.78, 5) is 16.2. The van der Waals surface area contributed by atoms with E-state index in [0.717, 1.165) is 0 Å². The van der Waals surface area contributed by atoms with E-state index in [9.17, 15) is 31.1 Å². The Kier molecular flexibility index (Phi) is 2.99. The molecule has 0 spiro atoms. The Morgan fingerprint density at radius 2 is 1.71 bits per heavy atom. The van der Waals surface area contributed by atoms with Gasteiger partial charge in [-0.3, -0.25) is 4.79 Å². The summed E-state index contributed by atoms with van der Waals surface area (Å²) < 4.78 is 72.9. The van der Waals surface area contributed by atoms with Crippen LogP contribution in [0.4, 0.5) is 32.3 Å². The van der Waals surface area contributed by atoms with Crippen molar-refractivity contribution >= 4 is 11.7 Å². The molecular formula is C7H3F6N3O. The van der Waals surface area contributed by atoms with E-state index in [1.54, 1.807) is 0 Å². The van der Waals surface area contributed by atoms with Crippen molar-refractivity contribution in [1.82, 2.24) is 9.97 Å². The van der Waals surface area contributed by atoms with Crippen LogP contribution in [0.2, 0.25) is 0 Å². The fourth-order valence-corrected chi connectivity index (χ4v) is 0.930. The molecule has 0 amide bonds. The summed E-state index contributed by atoms with van der Waals surface area (Å²) in [7, 11) is 0. The summed E-state index contributed by atoms with van der Waals surface area (Å²) in [6.45, 7) is 0. The average molecular weight is 259 g/mol. The molecule has 0 aliphatic carbocycles. The zero-order valence-electron chi connectivity index (χ0n) is 7.73. The lowest BCUT2D eigenvalue weighted by atomic mass is 10.1. The highest BCUT2D eigenvalue weighted by Gasteiger charge is 2.46. The number of alkyl halides is 6. The first-order valence-corrected chi connectivity index (χ1v) is 3.84. The van der Waals surface area contributed by atoms with Crippen LogP contribution in [0.3, 0.4) is 0 Å². The fourth-order valence-electron chi connectivity index (χ4n) is 0.930. The predicted octanol–water partition coefficient (Wildman–Crippen LogP) is 1.82. The van der Waals surface area contributed by atoms with Crippen molar-refractivity contribution in [3.05, 3.63) is 17.5 Å². The number of carbonyl (C=O) groups excluding carboxylic acids is 1.